The zero-order valence-electron chi connectivity index (χ0n) is 11.9. The summed E-state index contributed by atoms with van der Waals surface area (Å²) in [7, 11) is 1.55. The van der Waals surface area contributed by atoms with Gasteiger partial charge in [-0.2, -0.15) is 0 Å². The summed E-state index contributed by atoms with van der Waals surface area (Å²) in [6.45, 7) is 5.79. The van der Waals surface area contributed by atoms with Crippen LogP contribution < -0.4 is 10.6 Å². The van der Waals surface area contributed by atoms with Crippen LogP contribution in [-0.2, 0) is 9.59 Å². The van der Waals surface area contributed by atoms with Crippen LogP contribution in [0.15, 0.2) is 0 Å². The van der Waals surface area contributed by atoms with E-state index < -0.39 is 12.0 Å². The summed E-state index contributed by atoms with van der Waals surface area (Å²) in [4.78, 5) is 34.7. The van der Waals surface area contributed by atoms with Crippen molar-refractivity contribution in [3.8, 4) is 0 Å². The highest BCUT2D eigenvalue weighted by atomic mass is 16.4. The second-order valence-corrected chi connectivity index (χ2v) is 5.38. The van der Waals surface area contributed by atoms with Gasteiger partial charge in [0.15, 0.2) is 0 Å². The molecule has 0 rings (SSSR count). The summed E-state index contributed by atoms with van der Waals surface area (Å²) in [5, 5.41) is 13.7. The number of carbonyl (C=O) groups is 3. The summed E-state index contributed by atoms with van der Waals surface area (Å²) in [5.74, 6) is -1.15. The molecule has 7 nitrogen and oxygen atoms in total. The largest absolute Gasteiger partial charge is 0.481 e. The molecule has 0 spiro atoms. The van der Waals surface area contributed by atoms with Crippen molar-refractivity contribution in [3.05, 3.63) is 0 Å². The molecule has 0 saturated heterocycles. The maximum absolute atomic E-state index is 11.6. The standard InChI is InChI=1S/C12H23N3O4/c1-12(2,3)14-9(16)8-13-11(19)15(4)7-5-6-10(17)18/h5-8H2,1-4H3,(H,13,19)(H,14,16)(H,17,18). The first-order chi connectivity index (χ1) is 8.61. The minimum absolute atomic E-state index is 0.0160. The van der Waals surface area contributed by atoms with Gasteiger partial charge >= 0.3 is 12.0 Å². The Labute approximate surface area is 113 Å². The van der Waals surface area contributed by atoms with Gasteiger partial charge in [-0.1, -0.05) is 0 Å². The van der Waals surface area contributed by atoms with Crippen LogP contribution in [-0.4, -0.2) is 53.6 Å². The number of nitrogens with one attached hydrogen (secondary N) is 2. The van der Waals surface area contributed by atoms with Gasteiger partial charge in [-0.25, -0.2) is 4.79 Å². The van der Waals surface area contributed by atoms with Crippen LogP contribution in [0.4, 0.5) is 4.79 Å². The Morgan fingerprint density at radius 2 is 1.79 bits per heavy atom. The molecule has 0 bridgehead atoms. The minimum atomic E-state index is -0.890. The van der Waals surface area contributed by atoms with Crippen LogP contribution in [0, 0.1) is 0 Å². The van der Waals surface area contributed by atoms with Gasteiger partial charge in [0.2, 0.25) is 5.91 Å². The monoisotopic (exact) mass is 273 g/mol. The second kappa shape index (κ2) is 7.60. The predicted octanol–water partition coefficient (Wildman–Crippen LogP) is 0.407. The predicted molar refractivity (Wildman–Crippen MR) is 70.8 cm³/mol. The molecule has 0 aliphatic heterocycles. The summed E-state index contributed by atoms with van der Waals surface area (Å²) < 4.78 is 0. The molecule has 0 aromatic rings. The number of carboxylic acids is 1. The van der Waals surface area contributed by atoms with Gasteiger partial charge in [0.25, 0.3) is 0 Å². The quantitative estimate of drug-likeness (QED) is 0.652. The van der Waals surface area contributed by atoms with Crippen LogP contribution in [0.3, 0.4) is 0 Å². The van der Waals surface area contributed by atoms with Crippen LogP contribution >= 0.6 is 0 Å². The lowest BCUT2D eigenvalue weighted by atomic mass is 10.1. The van der Waals surface area contributed by atoms with Gasteiger partial charge < -0.3 is 20.6 Å². The molecule has 0 heterocycles. The average molecular weight is 273 g/mol. The van der Waals surface area contributed by atoms with Gasteiger partial charge in [-0.05, 0) is 27.2 Å². The van der Waals surface area contributed by atoms with Gasteiger partial charge in [0, 0.05) is 25.6 Å². The van der Waals surface area contributed by atoms with Crippen molar-refractivity contribution >= 4 is 17.9 Å². The van der Waals surface area contributed by atoms with Crippen molar-refractivity contribution in [2.75, 3.05) is 20.1 Å². The summed E-state index contributed by atoms with van der Waals surface area (Å²) in [5.41, 5.74) is -0.338. The molecule has 3 N–H and O–H groups in total. The molecule has 0 fully saturated rings. The van der Waals surface area contributed by atoms with E-state index in [1.54, 1.807) is 7.05 Å². The van der Waals surface area contributed by atoms with Gasteiger partial charge in [0.05, 0.1) is 6.54 Å². The third-order valence-corrected chi connectivity index (χ3v) is 2.15. The van der Waals surface area contributed by atoms with Crippen molar-refractivity contribution < 1.29 is 19.5 Å². The molecule has 0 aromatic heterocycles. The van der Waals surface area contributed by atoms with Crippen LogP contribution in [0.25, 0.3) is 0 Å². The van der Waals surface area contributed by atoms with E-state index in [1.807, 2.05) is 20.8 Å². The molecule has 0 aliphatic rings. The number of hydrogen-bond acceptors (Lipinski definition) is 3. The molecular formula is C12H23N3O4. The molecular weight excluding hydrogens is 250 g/mol. The van der Waals surface area contributed by atoms with Crippen LogP contribution in [0.5, 0.6) is 0 Å². The molecule has 0 radical (unpaired) electrons. The highest BCUT2D eigenvalue weighted by molar-refractivity contribution is 5.84. The third kappa shape index (κ3) is 9.87. The number of aliphatic carboxylic acids is 1. The highest BCUT2D eigenvalue weighted by Crippen LogP contribution is 1.97. The van der Waals surface area contributed by atoms with Crippen molar-refractivity contribution in [2.45, 2.75) is 39.2 Å². The number of urea groups is 1. The summed E-state index contributed by atoms with van der Waals surface area (Å²) >= 11 is 0. The Morgan fingerprint density at radius 3 is 2.26 bits per heavy atom. The van der Waals surface area contributed by atoms with Crippen molar-refractivity contribution in [1.82, 2.24) is 15.5 Å². The minimum Gasteiger partial charge on any atom is -0.481 e. The zero-order valence-corrected chi connectivity index (χ0v) is 11.9. The first kappa shape index (κ1) is 17.2. The Kier molecular flexibility index (Phi) is 6.89. The number of rotatable bonds is 6. The summed E-state index contributed by atoms with van der Waals surface area (Å²) in [6, 6.07) is -0.394. The number of hydrogen-bond donors (Lipinski definition) is 3. The SMILES string of the molecule is CN(CCCC(=O)O)C(=O)NCC(=O)NC(C)(C)C. The van der Waals surface area contributed by atoms with Crippen LogP contribution in [0.1, 0.15) is 33.6 Å². The van der Waals surface area contributed by atoms with Crippen molar-refractivity contribution in [3.63, 3.8) is 0 Å². The molecule has 0 aromatic carbocycles. The first-order valence-corrected chi connectivity index (χ1v) is 6.13. The fourth-order valence-corrected chi connectivity index (χ4v) is 1.32. The van der Waals surface area contributed by atoms with Crippen molar-refractivity contribution in [1.29, 1.82) is 0 Å². The molecule has 3 amide bonds. The normalized spacial score (nSPS) is 10.7. The van der Waals surface area contributed by atoms with Gasteiger partial charge in [0.1, 0.15) is 0 Å². The van der Waals surface area contributed by atoms with E-state index in [2.05, 4.69) is 10.6 Å². The van der Waals surface area contributed by atoms with E-state index in [0.717, 1.165) is 0 Å². The topological polar surface area (TPSA) is 98.7 Å². The smallest absolute Gasteiger partial charge is 0.317 e. The molecule has 0 atom stereocenters. The Balaban J connectivity index is 3.90. The highest BCUT2D eigenvalue weighted by Gasteiger charge is 2.15. The Hall–Kier alpha value is -1.79. The van der Waals surface area contributed by atoms with E-state index in [1.165, 1.54) is 4.90 Å². The molecule has 110 valence electrons. The maximum atomic E-state index is 11.6. The van der Waals surface area contributed by atoms with Gasteiger partial charge in [-0.3, -0.25) is 9.59 Å². The second-order valence-electron chi connectivity index (χ2n) is 5.38. The lowest BCUT2D eigenvalue weighted by molar-refractivity contribution is -0.137. The number of amides is 3. The fraction of sp³-hybridized carbons (Fsp3) is 0.750. The average Bonchev–Trinajstić information content (AvgIpc) is 2.22. The maximum Gasteiger partial charge on any atom is 0.317 e. The number of carboxylic acid groups (broad SMARTS) is 1. The van der Waals surface area contributed by atoms with E-state index in [9.17, 15) is 14.4 Å². The van der Waals surface area contributed by atoms with E-state index in [0.29, 0.717) is 13.0 Å². The first-order valence-electron chi connectivity index (χ1n) is 6.13. The zero-order chi connectivity index (χ0) is 15.1. The van der Waals surface area contributed by atoms with Crippen LogP contribution in [0.2, 0.25) is 0 Å². The molecule has 0 saturated carbocycles. The molecule has 7 heteroatoms. The third-order valence-electron chi connectivity index (χ3n) is 2.15. The molecule has 19 heavy (non-hydrogen) atoms. The Morgan fingerprint density at radius 1 is 1.21 bits per heavy atom. The summed E-state index contributed by atoms with van der Waals surface area (Å²) in [6.07, 6.45) is 0.398. The fourth-order valence-electron chi connectivity index (χ4n) is 1.32. The van der Waals surface area contributed by atoms with Gasteiger partial charge in [-0.15, -0.1) is 0 Å². The molecule has 0 unspecified atom stereocenters. The van der Waals surface area contributed by atoms with E-state index in [4.69, 9.17) is 5.11 Å². The lowest BCUT2D eigenvalue weighted by Crippen LogP contribution is -2.48. The van der Waals surface area contributed by atoms with Crippen molar-refractivity contribution in [2.24, 2.45) is 0 Å². The number of carbonyl (C=O) groups excluding carboxylic acids is 2. The lowest BCUT2D eigenvalue weighted by Gasteiger charge is -2.21. The molecule has 0 aliphatic carbocycles. The number of nitrogens with zero attached hydrogens (tertiary/aromatic N) is 1. The Bertz CT molecular complexity index is 336. The van der Waals surface area contributed by atoms with E-state index in [-0.39, 0.29) is 24.4 Å². The van der Waals surface area contributed by atoms with E-state index >= 15 is 0 Å².